The van der Waals surface area contributed by atoms with Gasteiger partial charge in [0.2, 0.25) is 5.95 Å². The van der Waals surface area contributed by atoms with Crippen LogP contribution in [0, 0.1) is 11.3 Å². The fraction of sp³-hybridized carbons (Fsp3) is 0.364. The molecule has 1 aliphatic heterocycles. The highest BCUT2D eigenvalue weighted by Crippen LogP contribution is 2.34. The average molecular weight is 494 g/mol. The van der Waals surface area contributed by atoms with Gasteiger partial charge in [-0.15, -0.1) is 0 Å². The number of aromatic amines is 1. The molecule has 186 valence electrons. The maximum Gasteiger partial charge on any atom is 0.407 e. The minimum absolute atomic E-state index is 0.0806. The number of hydrogen-bond acceptors (Lipinski definition) is 9. The Kier molecular flexibility index (Phi) is 5.98. The molecule has 4 aromatic heterocycles. The summed E-state index contributed by atoms with van der Waals surface area (Å²) < 4.78 is 29.0. The molecule has 1 amide bonds. The normalized spacial score (nSPS) is 19.5. The van der Waals surface area contributed by atoms with Crippen LogP contribution in [0.1, 0.15) is 31.3 Å². The van der Waals surface area contributed by atoms with Crippen LogP contribution in [-0.4, -0.2) is 65.4 Å². The molecule has 0 radical (unpaired) electrons. The van der Waals surface area contributed by atoms with E-state index in [1.165, 1.54) is 0 Å². The number of aryl methyl sites for hydroxylation is 1. The van der Waals surface area contributed by atoms with Crippen LogP contribution >= 0.6 is 0 Å². The molecule has 0 aromatic carbocycles. The van der Waals surface area contributed by atoms with Gasteiger partial charge in [0.05, 0.1) is 29.8 Å². The van der Waals surface area contributed by atoms with Crippen molar-refractivity contribution in [2.45, 2.75) is 38.3 Å². The number of carbonyl (C=O) groups is 1. The molecule has 5 rings (SSSR count). The number of fused-ring (bicyclic) bond motifs is 1. The van der Waals surface area contributed by atoms with Gasteiger partial charge in [0.1, 0.15) is 12.2 Å². The van der Waals surface area contributed by atoms with E-state index < -0.39 is 24.5 Å². The first kappa shape index (κ1) is 23.2. The summed E-state index contributed by atoms with van der Waals surface area (Å²) in [7, 11) is 1.80. The molecule has 4 aromatic rings. The van der Waals surface area contributed by atoms with Crippen LogP contribution in [0.4, 0.5) is 21.0 Å². The highest BCUT2D eigenvalue weighted by molar-refractivity contribution is 5.77. The molecule has 0 unspecified atom stereocenters. The third kappa shape index (κ3) is 4.31. The minimum Gasteiger partial charge on any atom is -0.441 e. The van der Waals surface area contributed by atoms with Gasteiger partial charge >= 0.3 is 6.09 Å². The summed E-state index contributed by atoms with van der Waals surface area (Å²) in [6.07, 6.45) is 0.542. The number of amides is 1. The third-order valence-corrected chi connectivity index (χ3v) is 5.60. The number of ether oxygens (including phenoxy) is 2. The summed E-state index contributed by atoms with van der Waals surface area (Å²) in [5, 5.41) is 26.1. The lowest BCUT2D eigenvalue weighted by Gasteiger charge is -2.16. The highest BCUT2D eigenvalue weighted by Gasteiger charge is 2.42. The molecule has 0 spiro atoms. The lowest BCUT2D eigenvalue weighted by atomic mass is 10.1. The molecule has 3 N–H and O–H groups in total. The predicted molar refractivity (Wildman–Crippen MR) is 124 cm³/mol. The van der Waals surface area contributed by atoms with Gasteiger partial charge in [-0.05, 0) is 19.9 Å². The smallest absolute Gasteiger partial charge is 0.407 e. The molecular weight excluding hydrogens is 471 g/mol. The number of carbonyl (C=O) groups excluding carboxylic acids is 1. The number of aromatic nitrogens is 7. The highest BCUT2D eigenvalue weighted by atomic mass is 19.1. The maximum absolute atomic E-state index is 15.0. The predicted octanol–water partition coefficient (Wildman–Crippen LogP) is 2.38. The number of halogens is 1. The Labute approximate surface area is 204 Å². The van der Waals surface area contributed by atoms with Gasteiger partial charge in [0, 0.05) is 31.5 Å². The van der Waals surface area contributed by atoms with Crippen molar-refractivity contribution in [1.82, 2.24) is 39.7 Å². The monoisotopic (exact) mass is 494 g/mol. The van der Waals surface area contributed by atoms with Crippen LogP contribution in [0.15, 0.2) is 30.7 Å². The number of nitriles is 1. The van der Waals surface area contributed by atoms with E-state index in [-0.39, 0.29) is 18.3 Å². The zero-order valence-electron chi connectivity index (χ0n) is 19.6. The van der Waals surface area contributed by atoms with Crippen molar-refractivity contribution in [1.29, 1.82) is 5.26 Å². The lowest BCUT2D eigenvalue weighted by molar-refractivity contribution is 0.0615. The fourth-order valence-corrected chi connectivity index (χ4v) is 3.95. The van der Waals surface area contributed by atoms with E-state index in [1.807, 2.05) is 12.1 Å². The molecule has 1 fully saturated rings. The van der Waals surface area contributed by atoms with E-state index >= 15 is 0 Å². The molecule has 3 atom stereocenters. The van der Waals surface area contributed by atoms with Gasteiger partial charge in [-0.1, -0.05) is 0 Å². The van der Waals surface area contributed by atoms with Gasteiger partial charge in [0.15, 0.2) is 29.4 Å². The van der Waals surface area contributed by atoms with Crippen molar-refractivity contribution in [3.63, 3.8) is 0 Å². The van der Waals surface area contributed by atoms with Crippen molar-refractivity contribution in [3.05, 3.63) is 42.1 Å². The minimum atomic E-state index is -1.58. The Morgan fingerprint density at radius 3 is 3.00 bits per heavy atom. The van der Waals surface area contributed by atoms with Gasteiger partial charge < -0.3 is 20.1 Å². The lowest BCUT2D eigenvalue weighted by Crippen LogP contribution is -2.36. The standard InChI is InChI=1S/C22H23FN10O3/c1-11(2)27-22(34)36-16-10-35-19(18(16)23)14-6-17(31-30-14)29-21-25-8-13(15-4-5-26-32(15)3)20-28-12(7-24)9-33(20)21/h4-6,8-9,11,16,18-19H,10H2,1-3H3,(H,27,34)(H2,25,29,30,31)/t16-,18+,19-/m0/s1. The van der Waals surface area contributed by atoms with Gasteiger partial charge in [-0.2, -0.15) is 15.5 Å². The number of nitrogens with zero attached hydrogens (tertiary/aromatic N) is 7. The number of alkyl carbamates (subject to hydrolysis) is 1. The number of imidazole rings is 1. The quantitative estimate of drug-likeness (QED) is 0.366. The maximum atomic E-state index is 15.0. The summed E-state index contributed by atoms with van der Waals surface area (Å²) in [5.41, 5.74) is 2.56. The van der Waals surface area contributed by atoms with Crippen molar-refractivity contribution < 1.29 is 18.7 Å². The SMILES string of the molecule is CC(C)NC(=O)O[C@H]1CO[C@@H](c2cc(Nc3ncc(-c4ccnn4C)c4nc(C#N)cn34)n[nH]2)[C@@H]1F. The van der Waals surface area contributed by atoms with Gasteiger partial charge in [0.25, 0.3) is 0 Å². The van der Waals surface area contributed by atoms with Crippen LogP contribution < -0.4 is 10.6 Å². The second-order valence-corrected chi connectivity index (χ2v) is 8.54. The number of rotatable bonds is 6. The molecule has 1 aliphatic rings. The molecule has 36 heavy (non-hydrogen) atoms. The van der Waals surface area contributed by atoms with Crippen molar-refractivity contribution in [3.8, 4) is 17.3 Å². The zero-order valence-corrected chi connectivity index (χ0v) is 19.6. The Balaban J connectivity index is 1.36. The molecule has 0 bridgehead atoms. The Morgan fingerprint density at radius 2 is 2.28 bits per heavy atom. The van der Waals surface area contributed by atoms with E-state index in [2.05, 4.69) is 35.9 Å². The van der Waals surface area contributed by atoms with Gasteiger partial charge in [-0.3, -0.25) is 14.2 Å². The van der Waals surface area contributed by atoms with E-state index in [4.69, 9.17) is 9.47 Å². The summed E-state index contributed by atoms with van der Waals surface area (Å²) in [6, 6.07) is 5.31. The first-order valence-corrected chi connectivity index (χ1v) is 11.2. The first-order chi connectivity index (χ1) is 17.3. The van der Waals surface area contributed by atoms with Gasteiger partial charge in [-0.25, -0.2) is 19.2 Å². The average Bonchev–Trinajstić information content (AvgIpc) is 3.62. The third-order valence-electron chi connectivity index (χ3n) is 5.60. The van der Waals surface area contributed by atoms with Crippen LogP contribution in [0.3, 0.4) is 0 Å². The second kappa shape index (κ2) is 9.27. The molecule has 14 heteroatoms. The number of alkyl halides is 1. The van der Waals surface area contributed by atoms with E-state index in [1.54, 1.807) is 54.6 Å². The summed E-state index contributed by atoms with van der Waals surface area (Å²) >= 11 is 0. The van der Waals surface area contributed by atoms with Crippen molar-refractivity contribution in [2.75, 3.05) is 11.9 Å². The summed E-state index contributed by atoms with van der Waals surface area (Å²) in [5.74, 6) is 0.690. The molecule has 1 saturated heterocycles. The summed E-state index contributed by atoms with van der Waals surface area (Å²) in [4.78, 5) is 20.7. The van der Waals surface area contributed by atoms with E-state index in [9.17, 15) is 14.4 Å². The Hall–Kier alpha value is -4.51. The molecule has 0 aliphatic carbocycles. The summed E-state index contributed by atoms with van der Waals surface area (Å²) in [6.45, 7) is 3.48. The molecule has 0 saturated carbocycles. The molecule has 5 heterocycles. The fourth-order valence-electron chi connectivity index (χ4n) is 3.95. The topological polar surface area (TPSA) is 160 Å². The number of anilines is 2. The Bertz CT molecular complexity index is 1450. The second-order valence-electron chi connectivity index (χ2n) is 8.54. The molecule has 13 nitrogen and oxygen atoms in total. The van der Waals surface area contributed by atoms with Crippen molar-refractivity contribution in [2.24, 2.45) is 7.05 Å². The zero-order chi connectivity index (χ0) is 25.4. The Morgan fingerprint density at radius 1 is 1.44 bits per heavy atom. The van der Waals surface area contributed by atoms with E-state index in [0.717, 1.165) is 5.69 Å². The van der Waals surface area contributed by atoms with Crippen molar-refractivity contribution >= 4 is 23.5 Å². The van der Waals surface area contributed by atoms with E-state index in [0.29, 0.717) is 28.7 Å². The number of nitrogens with one attached hydrogen (secondary N) is 3. The van der Waals surface area contributed by atoms with Crippen LogP contribution in [0.5, 0.6) is 0 Å². The number of hydrogen-bond donors (Lipinski definition) is 3. The largest absolute Gasteiger partial charge is 0.441 e. The first-order valence-electron chi connectivity index (χ1n) is 11.2. The van der Waals surface area contributed by atoms with Crippen LogP contribution in [0.25, 0.3) is 16.9 Å². The van der Waals surface area contributed by atoms with Crippen LogP contribution in [-0.2, 0) is 16.5 Å². The van der Waals surface area contributed by atoms with Crippen LogP contribution in [0.2, 0.25) is 0 Å². The number of H-pyrrole nitrogens is 1. The molecular formula is C22H23FN10O3.